The van der Waals surface area contributed by atoms with Crippen LogP contribution in [0, 0.1) is 0 Å². The first-order valence-electron chi connectivity index (χ1n) is 7.85. The molecule has 3 rings (SSSR count). The van der Waals surface area contributed by atoms with Gasteiger partial charge in [-0.3, -0.25) is 0 Å². The Morgan fingerprint density at radius 1 is 1.26 bits per heavy atom. The van der Waals surface area contributed by atoms with E-state index in [2.05, 4.69) is 66.2 Å². The van der Waals surface area contributed by atoms with Crippen molar-refractivity contribution < 1.29 is 22.5 Å². The minimum absolute atomic E-state index is 0. The number of aliphatic hydroxyl groups is 1. The Bertz CT molecular complexity index is 723. The van der Waals surface area contributed by atoms with Crippen LogP contribution in [0.25, 0.3) is 6.08 Å². The van der Waals surface area contributed by atoms with Crippen LogP contribution in [0.1, 0.15) is 27.6 Å². The van der Waals surface area contributed by atoms with Crippen molar-refractivity contribution in [2.24, 2.45) is 0 Å². The molecule has 0 spiro atoms. The maximum absolute atomic E-state index is 9.41. The number of halogens is 2. The number of hydrogen-bond donors (Lipinski definition) is 1. The second-order valence-corrected chi connectivity index (χ2v) is 34.8. The molecule has 1 nitrogen and oxygen atoms in total. The summed E-state index contributed by atoms with van der Waals surface area (Å²) in [5.74, 6) is 0. The van der Waals surface area contributed by atoms with E-state index in [1.54, 1.807) is 3.28 Å². The third kappa shape index (κ3) is 3.70. The number of fused-ring (bicyclic) bond motifs is 1. The van der Waals surface area contributed by atoms with E-state index in [-0.39, 0.29) is 24.8 Å². The molecular weight excluding hydrogens is 422 g/mol. The zero-order valence-corrected chi connectivity index (χ0v) is 19.1. The van der Waals surface area contributed by atoms with Crippen LogP contribution < -0.4 is 0 Å². The Balaban J connectivity index is 0.00000132. The zero-order valence-electron chi connectivity index (χ0n) is 13.6. The van der Waals surface area contributed by atoms with Gasteiger partial charge < -0.3 is 0 Å². The predicted molar refractivity (Wildman–Crippen MR) is 105 cm³/mol. The van der Waals surface area contributed by atoms with Gasteiger partial charge in [0.15, 0.2) is 0 Å². The summed E-state index contributed by atoms with van der Waals surface area (Å²) in [5, 5.41) is 9.41. The van der Waals surface area contributed by atoms with Gasteiger partial charge in [-0.1, -0.05) is 0 Å². The second-order valence-electron chi connectivity index (χ2n) is 7.02. The number of rotatable bonds is 5. The third-order valence-corrected chi connectivity index (χ3v) is 28.5. The topological polar surface area (TPSA) is 20.2 Å². The van der Waals surface area contributed by atoms with Crippen LogP contribution in [0.2, 0.25) is 8.76 Å². The van der Waals surface area contributed by atoms with E-state index in [4.69, 9.17) is 0 Å². The summed E-state index contributed by atoms with van der Waals surface area (Å²) in [7, 11) is 0. The molecule has 23 heavy (non-hydrogen) atoms. The van der Waals surface area contributed by atoms with E-state index in [9.17, 15) is 5.11 Å². The van der Waals surface area contributed by atoms with Crippen molar-refractivity contribution in [3.8, 4) is 0 Å². The molecule has 0 aromatic heterocycles. The summed E-state index contributed by atoms with van der Waals surface area (Å²) >= 11 is -3.12. The van der Waals surface area contributed by atoms with Crippen molar-refractivity contribution >= 4 is 37.8 Å². The van der Waals surface area contributed by atoms with Crippen molar-refractivity contribution in [2.45, 2.75) is 25.2 Å². The number of aliphatic hydroxyl groups excluding tert-OH is 1. The summed E-state index contributed by atoms with van der Waals surface area (Å²) < 4.78 is 6.12. The van der Waals surface area contributed by atoms with E-state index in [0.717, 1.165) is 12.8 Å². The summed E-state index contributed by atoms with van der Waals surface area (Å²) in [6.07, 6.45) is 13.7. The molecule has 1 aromatic carbocycles. The Morgan fingerprint density at radius 2 is 2.00 bits per heavy atom. The summed E-state index contributed by atoms with van der Waals surface area (Å²) in [6, 6.07) is 8.85. The molecule has 2 aliphatic carbocycles. The molecule has 0 aliphatic heterocycles. The quantitative estimate of drug-likeness (QED) is 0.657. The fraction of sp³-hybridized carbons (Fsp3) is 0.333. The molecule has 2 aliphatic rings. The molecule has 1 N–H and O–H groups in total. The minimum atomic E-state index is -3.12. The Morgan fingerprint density at radius 3 is 2.65 bits per heavy atom. The molecular formula is C18H26Cl2OSiZr. The molecule has 0 radical (unpaired) electrons. The fourth-order valence-corrected chi connectivity index (χ4v) is 22.3. The maximum atomic E-state index is 9.41. The Kier molecular flexibility index (Phi) is 7.32. The van der Waals surface area contributed by atoms with Gasteiger partial charge in [-0.25, -0.2) is 0 Å². The molecule has 0 saturated heterocycles. The van der Waals surface area contributed by atoms with Crippen LogP contribution >= 0.6 is 24.8 Å². The van der Waals surface area contributed by atoms with Crippen molar-refractivity contribution in [3.05, 3.63) is 63.0 Å². The number of hydrogen-bond acceptors (Lipinski definition) is 1. The van der Waals surface area contributed by atoms with Crippen LogP contribution in [0.4, 0.5) is 0 Å². The summed E-state index contributed by atoms with van der Waals surface area (Å²) in [5.41, 5.74) is 2.92. The predicted octanol–water partition coefficient (Wildman–Crippen LogP) is 4.53. The van der Waals surface area contributed by atoms with Gasteiger partial charge in [-0.15, -0.1) is 24.8 Å². The van der Waals surface area contributed by atoms with Gasteiger partial charge in [0.2, 0.25) is 0 Å². The van der Waals surface area contributed by atoms with Crippen LogP contribution in [-0.2, 0) is 17.4 Å². The van der Waals surface area contributed by atoms with Gasteiger partial charge in [-0.05, 0) is 0 Å². The van der Waals surface area contributed by atoms with Crippen molar-refractivity contribution in [2.75, 3.05) is 6.61 Å². The molecule has 0 heterocycles. The van der Waals surface area contributed by atoms with Gasteiger partial charge in [0.1, 0.15) is 0 Å². The molecule has 0 saturated carbocycles. The van der Waals surface area contributed by atoms with Crippen LogP contribution in [0.5, 0.6) is 0 Å². The molecule has 5 heteroatoms. The molecule has 126 valence electrons. The number of benzene rings is 1. The van der Waals surface area contributed by atoms with Gasteiger partial charge >= 0.3 is 130 Å². The van der Waals surface area contributed by atoms with E-state index < -0.39 is 17.4 Å². The van der Waals surface area contributed by atoms with E-state index in [1.807, 2.05) is 0 Å². The first kappa shape index (κ1) is 21.1. The molecule has 0 bridgehead atoms. The summed E-state index contributed by atoms with van der Waals surface area (Å²) in [6.45, 7) is 2.64. The Labute approximate surface area is 154 Å². The Hall–Kier alpha value is 0.0800. The van der Waals surface area contributed by atoms with Crippen molar-refractivity contribution in [1.29, 1.82) is 0 Å². The first-order valence-corrected chi connectivity index (χ1v) is 20.6. The summed E-state index contributed by atoms with van der Waals surface area (Å²) in [4.78, 5) is 0. The third-order valence-electron chi connectivity index (χ3n) is 5.47. The average Bonchev–Trinajstić information content (AvgIpc) is 3.15. The average molecular weight is 449 g/mol. The monoisotopic (exact) mass is 446 g/mol. The molecule has 1 aromatic rings. The van der Waals surface area contributed by atoms with Crippen LogP contribution in [0.3, 0.4) is 0 Å². The van der Waals surface area contributed by atoms with Gasteiger partial charge in [0, 0.05) is 0 Å². The van der Waals surface area contributed by atoms with Gasteiger partial charge in [0.05, 0.1) is 0 Å². The van der Waals surface area contributed by atoms with Crippen molar-refractivity contribution in [1.82, 2.24) is 0 Å². The van der Waals surface area contributed by atoms with Gasteiger partial charge in [-0.2, -0.15) is 0 Å². The normalized spacial score (nSPS) is 18.9. The van der Waals surface area contributed by atoms with E-state index in [1.165, 1.54) is 15.3 Å². The molecule has 1 unspecified atom stereocenters. The molecule has 1 atom stereocenters. The fourth-order valence-electron chi connectivity index (χ4n) is 4.07. The SMILES string of the molecule is Cl.Cl.[CH3][Zr](=[SiH2])([CH2]CCO)([C]1=CC=CC1)[CH]1C=Cc2ccccc21. The molecule has 0 amide bonds. The standard InChI is InChI=1S/C9H7.C5H5.C3H7O.CH3.2ClH.H2Si.Zr/c1-2-5-9-7-3-6-8(9)4-1;1-2-4-5-3-1;1-2-3-4;;;;;/h1-7H;1-3H,4H2;4H,1-3H2;1H3;2*1H;1H2;. The number of allylic oxidation sites excluding steroid dienone is 5. The van der Waals surface area contributed by atoms with Crippen molar-refractivity contribution in [3.63, 3.8) is 0 Å². The first-order chi connectivity index (χ1) is 10.1. The second kappa shape index (κ2) is 7.97. The molecule has 0 fully saturated rings. The van der Waals surface area contributed by atoms with Gasteiger partial charge in [0.25, 0.3) is 0 Å². The van der Waals surface area contributed by atoms with Crippen LogP contribution in [-0.4, -0.2) is 18.6 Å². The van der Waals surface area contributed by atoms with Crippen LogP contribution in [0.15, 0.2) is 51.9 Å². The zero-order chi connectivity index (χ0) is 14.9. The van der Waals surface area contributed by atoms with E-state index in [0.29, 0.717) is 10.2 Å². The van der Waals surface area contributed by atoms with E-state index >= 15 is 0 Å².